The van der Waals surface area contributed by atoms with Crippen LogP contribution in [0.5, 0.6) is 28.7 Å². The number of rotatable bonds is 14. The van der Waals surface area contributed by atoms with Crippen LogP contribution in [-0.4, -0.2) is 67.5 Å². The second kappa shape index (κ2) is 13.0. The van der Waals surface area contributed by atoms with Gasteiger partial charge in [-0.05, 0) is 20.7 Å². The van der Waals surface area contributed by atoms with E-state index in [1.54, 1.807) is 38.5 Å². The van der Waals surface area contributed by atoms with E-state index in [1.807, 2.05) is 6.07 Å². The summed E-state index contributed by atoms with van der Waals surface area (Å²) in [4.78, 5) is 13.2. The van der Waals surface area contributed by atoms with Crippen LogP contribution in [0.2, 0.25) is 0 Å². The maximum atomic E-state index is 13.2. The van der Waals surface area contributed by atoms with Gasteiger partial charge in [0.25, 0.3) is 0 Å². The molecular weight excluding hydrogens is 423 g/mol. The standard InChI is InChI=1S/C22H29O8P/c1-24-8-10-29-15-6-7-20(17(12-15)30-11-9-25-2)31-22(23)21-18(27-4)13-16(26-3)14-19(21)28-5/h6-7,12-14,31H,8-11H2,1-5H3. The molecule has 0 bridgehead atoms. The first kappa shape index (κ1) is 24.7. The molecule has 1 unspecified atom stereocenters. The highest BCUT2D eigenvalue weighted by molar-refractivity contribution is 7.66. The van der Waals surface area contributed by atoms with Crippen molar-refractivity contribution in [3.8, 4) is 28.7 Å². The van der Waals surface area contributed by atoms with Crippen LogP contribution in [0.4, 0.5) is 0 Å². The molecule has 0 aromatic heterocycles. The summed E-state index contributed by atoms with van der Waals surface area (Å²) in [5.41, 5.74) is 0.202. The van der Waals surface area contributed by atoms with Crippen LogP contribution in [0.3, 0.4) is 0 Å². The van der Waals surface area contributed by atoms with E-state index < -0.39 is 0 Å². The summed E-state index contributed by atoms with van der Waals surface area (Å²) < 4.78 is 37.7. The summed E-state index contributed by atoms with van der Waals surface area (Å²) in [6, 6.07) is 8.70. The van der Waals surface area contributed by atoms with Gasteiger partial charge in [-0.3, -0.25) is 4.79 Å². The molecule has 9 heteroatoms. The zero-order valence-electron chi connectivity index (χ0n) is 18.5. The van der Waals surface area contributed by atoms with Crippen LogP contribution in [0.15, 0.2) is 30.3 Å². The number of hydrogen-bond acceptors (Lipinski definition) is 8. The Morgan fingerprint density at radius 2 is 1.29 bits per heavy atom. The first-order valence-electron chi connectivity index (χ1n) is 9.56. The molecule has 0 saturated heterocycles. The fourth-order valence-electron chi connectivity index (χ4n) is 2.71. The number of carbonyl (C=O) groups is 1. The van der Waals surface area contributed by atoms with E-state index in [-0.39, 0.29) is 14.1 Å². The fourth-order valence-corrected chi connectivity index (χ4v) is 3.76. The smallest absolute Gasteiger partial charge is 0.193 e. The molecule has 8 nitrogen and oxygen atoms in total. The Labute approximate surface area is 184 Å². The first-order valence-corrected chi connectivity index (χ1v) is 10.6. The third-order valence-electron chi connectivity index (χ3n) is 4.24. The lowest BCUT2D eigenvalue weighted by atomic mass is 10.2. The maximum Gasteiger partial charge on any atom is 0.193 e. The SMILES string of the molecule is COCCOc1ccc(PC(=O)c2c(OC)cc(OC)cc2OC)c(OCCOC)c1. The molecule has 0 spiro atoms. The molecule has 31 heavy (non-hydrogen) atoms. The van der Waals surface area contributed by atoms with Crippen molar-refractivity contribution in [3.05, 3.63) is 35.9 Å². The van der Waals surface area contributed by atoms with Gasteiger partial charge in [0.05, 0.1) is 34.5 Å². The average Bonchev–Trinajstić information content (AvgIpc) is 2.79. The summed E-state index contributed by atoms with van der Waals surface area (Å²) in [6.45, 7) is 1.65. The minimum atomic E-state index is -0.224. The minimum Gasteiger partial charge on any atom is -0.496 e. The molecule has 0 radical (unpaired) electrons. The van der Waals surface area contributed by atoms with Crippen LogP contribution >= 0.6 is 8.58 Å². The van der Waals surface area contributed by atoms with E-state index in [1.165, 1.54) is 21.3 Å². The van der Waals surface area contributed by atoms with Crippen molar-refractivity contribution < 1.29 is 38.0 Å². The van der Waals surface area contributed by atoms with E-state index in [4.69, 9.17) is 33.2 Å². The summed E-state index contributed by atoms with van der Waals surface area (Å²) in [5, 5.41) is 0.736. The van der Waals surface area contributed by atoms with Crippen molar-refractivity contribution >= 4 is 19.4 Å². The van der Waals surface area contributed by atoms with Crippen molar-refractivity contribution in [3.63, 3.8) is 0 Å². The lowest BCUT2D eigenvalue weighted by Crippen LogP contribution is -2.13. The number of benzene rings is 2. The quantitative estimate of drug-likeness (QED) is 0.320. The molecule has 170 valence electrons. The Morgan fingerprint density at radius 1 is 0.710 bits per heavy atom. The van der Waals surface area contributed by atoms with Crippen LogP contribution in [-0.2, 0) is 9.47 Å². The van der Waals surface area contributed by atoms with Crippen molar-refractivity contribution in [2.45, 2.75) is 0 Å². The van der Waals surface area contributed by atoms with Gasteiger partial charge in [-0.15, -0.1) is 0 Å². The van der Waals surface area contributed by atoms with Crippen LogP contribution < -0.4 is 29.0 Å². The molecule has 1 atom stereocenters. The molecular formula is C22H29O8P. The van der Waals surface area contributed by atoms with Crippen molar-refractivity contribution in [2.75, 3.05) is 62.0 Å². The molecule has 0 aliphatic heterocycles. The first-order chi connectivity index (χ1) is 15.1. The Balaban J connectivity index is 2.32. The van der Waals surface area contributed by atoms with Crippen LogP contribution in [0.1, 0.15) is 10.4 Å². The predicted molar refractivity (Wildman–Crippen MR) is 120 cm³/mol. The molecule has 0 heterocycles. The van der Waals surface area contributed by atoms with Crippen molar-refractivity contribution in [2.24, 2.45) is 0 Å². The normalized spacial score (nSPS) is 10.9. The highest BCUT2D eigenvalue weighted by atomic mass is 31.1. The molecule has 2 aromatic carbocycles. The molecule has 2 rings (SSSR count). The van der Waals surface area contributed by atoms with Gasteiger partial charge < -0.3 is 33.2 Å². The Bertz CT molecular complexity index is 830. The summed E-state index contributed by atoms with van der Waals surface area (Å²) in [7, 11) is 7.52. The highest BCUT2D eigenvalue weighted by Gasteiger charge is 2.22. The summed E-state index contributed by atoms with van der Waals surface area (Å²) >= 11 is 0. The third-order valence-corrected chi connectivity index (χ3v) is 5.40. The molecule has 0 aliphatic carbocycles. The third kappa shape index (κ3) is 6.99. The highest BCUT2D eigenvalue weighted by Crippen LogP contribution is 2.39. The lowest BCUT2D eigenvalue weighted by Gasteiger charge is -2.16. The van der Waals surface area contributed by atoms with Crippen LogP contribution in [0.25, 0.3) is 0 Å². The maximum absolute atomic E-state index is 13.2. The largest absolute Gasteiger partial charge is 0.496 e. The van der Waals surface area contributed by atoms with E-state index >= 15 is 0 Å². The van der Waals surface area contributed by atoms with E-state index in [2.05, 4.69) is 0 Å². The van der Waals surface area contributed by atoms with Gasteiger partial charge in [0.15, 0.2) is 5.52 Å². The van der Waals surface area contributed by atoms with Gasteiger partial charge in [-0.1, -0.05) is 0 Å². The molecule has 0 saturated carbocycles. The second-order valence-electron chi connectivity index (χ2n) is 6.20. The zero-order valence-corrected chi connectivity index (χ0v) is 19.5. The number of carbonyl (C=O) groups excluding carboxylic acids is 1. The fraction of sp³-hybridized carbons (Fsp3) is 0.409. The Kier molecular flexibility index (Phi) is 10.4. The molecule has 2 aromatic rings. The predicted octanol–water partition coefficient (Wildman–Crippen LogP) is 2.91. The Morgan fingerprint density at radius 3 is 1.84 bits per heavy atom. The molecule has 0 fully saturated rings. The number of hydrogen-bond donors (Lipinski definition) is 0. The Hall–Kier alpha value is -2.54. The second-order valence-corrected chi connectivity index (χ2v) is 7.44. The molecule has 0 aliphatic rings. The molecule has 0 N–H and O–H groups in total. The van der Waals surface area contributed by atoms with Crippen molar-refractivity contribution in [1.82, 2.24) is 0 Å². The number of ether oxygens (including phenoxy) is 7. The van der Waals surface area contributed by atoms with E-state index in [0.717, 1.165) is 5.30 Å². The van der Waals surface area contributed by atoms with Crippen molar-refractivity contribution in [1.29, 1.82) is 0 Å². The minimum absolute atomic E-state index is 0.152. The number of methoxy groups -OCH3 is 5. The van der Waals surface area contributed by atoms with Gasteiger partial charge in [-0.25, -0.2) is 0 Å². The average molecular weight is 452 g/mol. The topological polar surface area (TPSA) is 81.7 Å². The zero-order chi connectivity index (χ0) is 22.6. The summed E-state index contributed by atoms with van der Waals surface area (Å²) in [5.74, 6) is 2.50. The van der Waals surface area contributed by atoms with E-state index in [0.29, 0.717) is 60.7 Å². The summed E-state index contributed by atoms with van der Waals surface area (Å²) in [6.07, 6.45) is 0. The van der Waals surface area contributed by atoms with Gasteiger partial charge in [0.1, 0.15) is 47.5 Å². The van der Waals surface area contributed by atoms with Crippen LogP contribution in [0, 0.1) is 0 Å². The lowest BCUT2D eigenvalue weighted by molar-refractivity contribution is 0.108. The van der Waals surface area contributed by atoms with Gasteiger partial charge >= 0.3 is 0 Å². The van der Waals surface area contributed by atoms with E-state index in [9.17, 15) is 4.79 Å². The van der Waals surface area contributed by atoms with Gasteiger partial charge in [0, 0.05) is 37.7 Å². The van der Waals surface area contributed by atoms with Gasteiger partial charge in [0.2, 0.25) is 0 Å². The van der Waals surface area contributed by atoms with Gasteiger partial charge in [-0.2, -0.15) is 0 Å². The molecule has 0 amide bonds. The monoisotopic (exact) mass is 452 g/mol.